The van der Waals surface area contributed by atoms with E-state index in [1.165, 1.54) is 10.8 Å². The van der Waals surface area contributed by atoms with Crippen LogP contribution in [-0.2, 0) is 21.1 Å². The van der Waals surface area contributed by atoms with Gasteiger partial charge in [-0.05, 0) is 5.39 Å². The van der Waals surface area contributed by atoms with Gasteiger partial charge in [0.1, 0.15) is 0 Å². The third-order valence-corrected chi connectivity index (χ3v) is 1.81. The van der Waals surface area contributed by atoms with Crippen LogP contribution >= 0.6 is 0 Å². The van der Waals surface area contributed by atoms with Gasteiger partial charge >= 0.3 is 0 Å². The molecule has 12 heavy (non-hydrogen) atoms. The SMILES string of the molecule is [CH2-]c1ccc2ccccc2c1.[W]. The summed E-state index contributed by atoms with van der Waals surface area (Å²) in [5.41, 5.74) is 1.07. The Balaban J connectivity index is 0.000000720. The molecule has 0 nitrogen and oxygen atoms in total. The van der Waals surface area contributed by atoms with Gasteiger partial charge in [0.25, 0.3) is 0 Å². The Kier molecular flexibility index (Phi) is 2.94. The molecule has 2 rings (SSSR count). The van der Waals surface area contributed by atoms with E-state index in [0.29, 0.717) is 0 Å². The largest absolute Gasteiger partial charge is 0.199 e. The van der Waals surface area contributed by atoms with Crippen LogP contribution in [-0.4, -0.2) is 0 Å². The molecule has 2 aromatic carbocycles. The van der Waals surface area contributed by atoms with Crippen LogP contribution in [0.5, 0.6) is 0 Å². The first-order chi connectivity index (χ1) is 5.36. The van der Waals surface area contributed by atoms with Crippen LogP contribution in [0.2, 0.25) is 0 Å². The number of rotatable bonds is 0. The molecule has 0 N–H and O–H groups in total. The van der Waals surface area contributed by atoms with Crippen LogP contribution in [0, 0.1) is 6.92 Å². The Bertz CT molecular complexity index is 379. The van der Waals surface area contributed by atoms with E-state index in [4.69, 9.17) is 0 Å². The zero-order valence-electron chi connectivity index (χ0n) is 6.66. The van der Waals surface area contributed by atoms with Gasteiger partial charge in [-0.2, -0.15) is 24.6 Å². The Labute approximate surface area is 86.9 Å². The summed E-state index contributed by atoms with van der Waals surface area (Å²) >= 11 is 0. The fourth-order valence-electron chi connectivity index (χ4n) is 1.24. The number of fused-ring (bicyclic) bond motifs is 1. The standard InChI is InChI=1S/C11H9.W/c1-9-6-7-10-4-2-3-5-11(10)8-9;/h2-8H,1H2;/q-1;. The van der Waals surface area contributed by atoms with Crippen molar-refractivity contribution in [3.8, 4) is 0 Å². The first-order valence-corrected chi connectivity index (χ1v) is 3.67. The van der Waals surface area contributed by atoms with Crippen LogP contribution in [0.25, 0.3) is 10.8 Å². The summed E-state index contributed by atoms with van der Waals surface area (Å²) in [7, 11) is 0. The van der Waals surface area contributed by atoms with Crippen molar-refractivity contribution < 1.29 is 21.1 Å². The average Bonchev–Trinajstić information content (AvgIpc) is 2.04. The third kappa shape index (κ3) is 1.70. The molecular weight excluding hydrogens is 316 g/mol. The van der Waals surface area contributed by atoms with Crippen LogP contribution in [0.1, 0.15) is 5.56 Å². The van der Waals surface area contributed by atoms with Crippen molar-refractivity contribution in [2.45, 2.75) is 0 Å². The van der Waals surface area contributed by atoms with E-state index < -0.39 is 0 Å². The van der Waals surface area contributed by atoms with Crippen molar-refractivity contribution in [2.24, 2.45) is 0 Å². The van der Waals surface area contributed by atoms with Crippen molar-refractivity contribution >= 4 is 10.8 Å². The van der Waals surface area contributed by atoms with Crippen molar-refractivity contribution in [3.63, 3.8) is 0 Å². The molecule has 0 spiro atoms. The van der Waals surface area contributed by atoms with Gasteiger partial charge in [-0.15, -0.1) is 6.07 Å². The van der Waals surface area contributed by atoms with Crippen LogP contribution < -0.4 is 0 Å². The van der Waals surface area contributed by atoms with E-state index in [1.54, 1.807) is 0 Å². The normalized spacial score (nSPS) is 9.33. The zero-order chi connectivity index (χ0) is 7.68. The number of hydrogen-bond donors (Lipinski definition) is 0. The molecule has 0 aliphatic carbocycles. The molecule has 0 saturated heterocycles. The predicted octanol–water partition coefficient (Wildman–Crippen LogP) is 3.02. The van der Waals surface area contributed by atoms with Crippen LogP contribution in [0.15, 0.2) is 42.5 Å². The summed E-state index contributed by atoms with van der Waals surface area (Å²) < 4.78 is 0. The number of hydrogen-bond acceptors (Lipinski definition) is 0. The fourth-order valence-corrected chi connectivity index (χ4v) is 1.24. The Morgan fingerprint density at radius 3 is 2.25 bits per heavy atom. The summed E-state index contributed by atoms with van der Waals surface area (Å²) in [6, 6.07) is 14.5. The summed E-state index contributed by atoms with van der Waals surface area (Å²) in [5.74, 6) is 0. The molecule has 2 aromatic rings. The minimum absolute atomic E-state index is 0. The van der Waals surface area contributed by atoms with Crippen molar-refractivity contribution in [2.75, 3.05) is 0 Å². The van der Waals surface area contributed by atoms with Crippen molar-refractivity contribution in [1.82, 2.24) is 0 Å². The second kappa shape index (κ2) is 3.78. The van der Waals surface area contributed by atoms with E-state index in [2.05, 4.69) is 31.2 Å². The van der Waals surface area contributed by atoms with Crippen molar-refractivity contribution in [3.05, 3.63) is 55.0 Å². The van der Waals surface area contributed by atoms with Gasteiger partial charge in [0, 0.05) is 21.1 Å². The summed E-state index contributed by atoms with van der Waals surface area (Å²) in [4.78, 5) is 0. The minimum atomic E-state index is 0. The Morgan fingerprint density at radius 2 is 1.50 bits per heavy atom. The molecule has 60 valence electrons. The summed E-state index contributed by atoms with van der Waals surface area (Å²) in [5, 5.41) is 2.54. The molecule has 0 atom stereocenters. The van der Waals surface area contributed by atoms with Gasteiger partial charge < -0.3 is 0 Å². The van der Waals surface area contributed by atoms with Gasteiger partial charge in [0.05, 0.1) is 0 Å². The maximum absolute atomic E-state index is 3.87. The van der Waals surface area contributed by atoms with E-state index in [9.17, 15) is 0 Å². The van der Waals surface area contributed by atoms with Gasteiger partial charge in [0.15, 0.2) is 0 Å². The van der Waals surface area contributed by atoms with Crippen LogP contribution in [0.4, 0.5) is 0 Å². The summed E-state index contributed by atoms with van der Waals surface area (Å²) in [6.45, 7) is 3.87. The van der Waals surface area contributed by atoms with Gasteiger partial charge in [-0.1, -0.05) is 29.7 Å². The first kappa shape index (κ1) is 9.35. The molecule has 0 amide bonds. The quantitative estimate of drug-likeness (QED) is 0.653. The zero-order valence-corrected chi connectivity index (χ0v) is 9.59. The second-order valence-electron chi connectivity index (χ2n) is 2.68. The molecule has 0 saturated carbocycles. The molecule has 1 heteroatoms. The van der Waals surface area contributed by atoms with Crippen molar-refractivity contribution in [1.29, 1.82) is 0 Å². The van der Waals surface area contributed by atoms with E-state index in [-0.39, 0.29) is 21.1 Å². The fraction of sp³-hybridized carbons (Fsp3) is 0. The molecule has 0 bridgehead atoms. The maximum Gasteiger partial charge on any atom is 0 e. The number of benzene rings is 2. The molecule has 0 aromatic heterocycles. The summed E-state index contributed by atoms with van der Waals surface area (Å²) in [6.07, 6.45) is 0. The monoisotopic (exact) mass is 325 g/mol. The molecular formula is C11H9W-. The molecule has 0 fully saturated rings. The van der Waals surface area contributed by atoms with E-state index in [1.807, 2.05) is 18.2 Å². The average molecular weight is 325 g/mol. The first-order valence-electron chi connectivity index (χ1n) is 3.67. The second-order valence-corrected chi connectivity index (χ2v) is 2.68. The van der Waals surface area contributed by atoms with Gasteiger partial charge in [-0.3, -0.25) is 0 Å². The van der Waals surface area contributed by atoms with E-state index >= 15 is 0 Å². The molecule has 0 unspecified atom stereocenters. The molecule has 0 radical (unpaired) electrons. The molecule has 0 aliphatic rings. The smallest absolute Gasteiger partial charge is 0 e. The van der Waals surface area contributed by atoms with E-state index in [0.717, 1.165) is 5.56 Å². The molecule has 0 aliphatic heterocycles. The van der Waals surface area contributed by atoms with Gasteiger partial charge in [-0.25, -0.2) is 0 Å². The minimum Gasteiger partial charge on any atom is -0.199 e. The van der Waals surface area contributed by atoms with Crippen LogP contribution in [0.3, 0.4) is 0 Å². The maximum atomic E-state index is 3.87. The molecule has 0 heterocycles. The Hall–Kier alpha value is -0.742. The topological polar surface area (TPSA) is 0 Å². The third-order valence-electron chi connectivity index (χ3n) is 1.81. The Morgan fingerprint density at radius 1 is 0.833 bits per heavy atom. The predicted molar refractivity (Wildman–Crippen MR) is 48.4 cm³/mol. The van der Waals surface area contributed by atoms with Gasteiger partial charge in [0.2, 0.25) is 0 Å².